The average Bonchev–Trinajstić information content (AvgIpc) is 2.53. The highest BCUT2D eigenvalue weighted by molar-refractivity contribution is 7.20. The van der Waals surface area contributed by atoms with Crippen LogP contribution in [0.4, 0.5) is 0 Å². The van der Waals surface area contributed by atoms with Crippen molar-refractivity contribution in [2.24, 2.45) is 0 Å². The Morgan fingerprint density at radius 1 is 1.18 bits per heavy atom. The van der Waals surface area contributed by atoms with Gasteiger partial charge in [0.25, 0.3) is 0 Å². The summed E-state index contributed by atoms with van der Waals surface area (Å²) in [7, 11) is 0. The minimum atomic E-state index is 0.432. The third-order valence-electron chi connectivity index (χ3n) is 2.34. The lowest BCUT2D eigenvalue weighted by atomic mass is 10.0. The molecule has 1 nitrogen and oxygen atoms in total. The lowest BCUT2D eigenvalue weighted by Crippen LogP contribution is -1.91. The van der Waals surface area contributed by atoms with Crippen LogP contribution in [0.1, 0.15) is 21.5 Å². The molecule has 0 saturated carbocycles. The first kappa shape index (κ1) is 12.9. The number of thiophene rings is 1. The summed E-state index contributed by atoms with van der Waals surface area (Å²) in [5.41, 5.74) is 2.23. The third-order valence-corrected chi connectivity index (χ3v) is 4.30. The maximum absolute atomic E-state index is 11.0. The van der Waals surface area contributed by atoms with Crippen LogP contribution >= 0.6 is 46.1 Å². The fourth-order valence-corrected chi connectivity index (χ4v) is 3.42. The molecule has 2 rings (SSSR count). The van der Waals surface area contributed by atoms with E-state index in [9.17, 15) is 4.79 Å². The number of rotatable bonds is 3. The predicted octanol–water partition coefficient (Wildman–Crippen LogP) is 5.11. The van der Waals surface area contributed by atoms with E-state index in [2.05, 4.69) is 0 Å². The number of aldehydes is 1. The lowest BCUT2D eigenvalue weighted by Gasteiger charge is -2.02. The van der Waals surface area contributed by atoms with Crippen LogP contribution in [0.5, 0.6) is 0 Å². The fourth-order valence-electron chi connectivity index (χ4n) is 1.55. The molecule has 0 spiro atoms. The molecule has 5 heteroatoms. The quantitative estimate of drug-likeness (QED) is 0.720. The Morgan fingerprint density at radius 2 is 1.94 bits per heavy atom. The van der Waals surface area contributed by atoms with E-state index >= 15 is 0 Å². The molecule has 0 aliphatic rings. The van der Waals surface area contributed by atoms with Crippen LogP contribution in [0.15, 0.2) is 24.3 Å². The molecule has 2 aromatic rings. The molecular formula is C12H7Cl3OS. The van der Waals surface area contributed by atoms with Gasteiger partial charge in [-0.1, -0.05) is 46.9 Å². The zero-order chi connectivity index (χ0) is 12.4. The van der Waals surface area contributed by atoms with Crippen LogP contribution in [0, 0.1) is 0 Å². The van der Waals surface area contributed by atoms with E-state index in [-0.39, 0.29) is 0 Å². The van der Waals surface area contributed by atoms with Gasteiger partial charge in [0, 0.05) is 17.0 Å². The van der Waals surface area contributed by atoms with Gasteiger partial charge in [-0.15, -0.1) is 11.3 Å². The van der Waals surface area contributed by atoms with E-state index in [1.165, 1.54) is 11.3 Å². The Bertz CT molecular complexity index is 563. The molecule has 0 aliphatic heterocycles. The normalized spacial score (nSPS) is 10.5. The van der Waals surface area contributed by atoms with E-state index in [1.807, 2.05) is 18.2 Å². The number of halogens is 3. The first-order valence-electron chi connectivity index (χ1n) is 4.78. The monoisotopic (exact) mass is 304 g/mol. The maximum Gasteiger partial charge on any atom is 0.152 e. The number of carbonyl (C=O) groups excluding carboxylic acids is 1. The van der Waals surface area contributed by atoms with Crippen molar-refractivity contribution in [3.8, 4) is 0 Å². The van der Waals surface area contributed by atoms with Crippen molar-refractivity contribution in [3.05, 3.63) is 54.7 Å². The smallest absolute Gasteiger partial charge is 0.152 e. The van der Waals surface area contributed by atoms with Crippen molar-refractivity contribution < 1.29 is 4.79 Å². The third kappa shape index (κ3) is 2.83. The lowest BCUT2D eigenvalue weighted by molar-refractivity contribution is 0.112. The minimum absolute atomic E-state index is 0.432. The van der Waals surface area contributed by atoms with Gasteiger partial charge in [0.05, 0.1) is 4.34 Å². The van der Waals surface area contributed by atoms with E-state index < -0.39 is 0 Å². The van der Waals surface area contributed by atoms with E-state index in [1.54, 1.807) is 6.07 Å². The molecule has 0 unspecified atom stereocenters. The first-order chi connectivity index (χ1) is 8.11. The molecule has 1 aromatic carbocycles. The van der Waals surface area contributed by atoms with Gasteiger partial charge in [0.2, 0.25) is 0 Å². The predicted molar refractivity (Wildman–Crippen MR) is 74.0 cm³/mol. The molecule has 1 heterocycles. The van der Waals surface area contributed by atoms with E-state index in [0.29, 0.717) is 25.7 Å². The molecule has 0 fully saturated rings. The molecule has 0 atom stereocenters. The SMILES string of the molecule is O=Cc1c(Cl)sc(Cl)c1Cc1cccc(Cl)c1. The highest BCUT2D eigenvalue weighted by atomic mass is 35.5. The van der Waals surface area contributed by atoms with Crippen molar-refractivity contribution in [1.29, 1.82) is 0 Å². The van der Waals surface area contributed by atoms with Gasteiger partial charge < -0.3 is 0 Å². The molecule has 0 amide bonds. The molecule has 0 bridgehead atoms. The molecule has 17 heavy (non-hydrogen) atoms. The molecule has 0 saturated heterocycles. The van der Waals surface area contributed by atoms with Gasteiger partial charge in [0.1, 0.15) is 4.34 Å². The van der Waals surface area contributed by atoms with Crippen molar-refractivity contribution >= 4 is 52.4 Å². The van der Waals surface area contributed by atoms with Crippen molar-refractivity contribution in [3.63, 3.8) is 0 Å². The number of hydrogen-bond acceptors (Lipinski definition) is 2. The summed E-state index contributed by atoms with van der Waals surface area (Å²) in [5.74, 6) is 0. The second-order valence-corrected chi connectivity index (χ2v) is 6.13. The fraction of sp³-hybridized carbons (Fsp3) is 0.0833. The van der Waals surface area contributed by atoms with Crippen molar-refractivity contribution in [2.45, 2.75) is 6.42 Å². The standard InChI is InChI=1S/C12H7Cl3OS/c13-8-3-1-2-7(4-8)5-9-10(6-16)12(15)17-11(9)14/h1-4,6H,5H2. The number of hydrogen-bond donors (Lipinski definition) is 0. The Balaban J connectivity index is 2.39. The molecular weight excluding hydrogens is 299 g/mol. The molecule has 88 valence electrons. The van der Waals surface area contributed by atoms with Gasteiger partial charge in [-0.05, 0) is 23.3 Å². The summed E-state index contributed by atoms with van der Waals surface area (Å²) in [4.78, 5) is 11.0. The molecule has 0 N–H and O–H groups in total. The summed E-state index contributed by atoms with van der Waals surface area (Å²) >= 11 is 19.1. The molecule has 0 aliphatic carbocycles. The van der Waals surface area contributed by atoms with E-state index in [0.717, 1.165) is 17.4 Å². The van der Waals surface area contributed by atoms with Gasteiger partial charge >= 0.3 is 0 Å². The van der Waals surface area contributed by atoms with Gasteiger partial charge in [-0.2, -0.15) is 0 Å². The van der Waals surface area contributed by atoms with Gasteiger partial charge in [-0.3, -0.25) is 4.79 Å². The highest BCUT2D eigenvalue weighted by Gasteiger charge is 2.15. The van der Waals surface area contributed by atoms with Crippen molar-refractivity contribution in [2.75, 3.05) is 0 Å². The Labute approximate surface area is 118 Å². The van der Waals surface area contributed by atoms with Crippen LogP contribution in [0.25, 0.3) is 0 Å². The topological polar surface area (TPSA) is 17.1 Å². The van der Waals surface area contributed by atoms with Crippen LogP contribution < -0.4 is 0 Å². The highest BCUT2D eigenvalue weighted by Crippen LogP contribution is 2.36. The largest absolute Gasteiger partial charge is 0.298 e. The summed E-state index contributed by atoms with van der Waals surface area (Å²) in [6, 6.07) is 7.44. The first-order valence-corrected chi connectivity index (χ1v) is 6.73. The maximum atomic E-state index is 11.0. The minimum Gasteiger partial charge on any atom is -0.298 e. The Morgan fingerprint density at radius 3 is 2.59 bits per heavy atom. The summed E-state index contributed by atoms with van der Waals surface area (Å²) in [6.07, 6.45) is 1.29. The second-order valence-electron chi connectivity index (χ2n) is 3.47. The Hall–Kier alpha value is -0.540. The zero-order valence-electron chi connectivity index (χ0n) is 8.54. The van der Waals surface area contributed by atoms with Gasteiger partial charge in [0.15, 0.2) is 6.29 Å². The van der Waals surface area contributed by atoms with Gasteiger partial charge in [-0.25, -0.2) is 0 Å². The number of benzene rings is 1. The summed E-state index contributed by atoms with van der Waals surface area (Å²) in [5, 5.41) is 0.660. The molecule has 1 aromatic heterocycles. The van der Waals surface area contributed by atoms with Crippen LogP contribution in [0.2, 0.25) is 13.7 Å². The average molecular weight is 306 g/mol. The van der Waals surface area contributed by atoms with Crippen LogP contribution in [0.3, 0.4) is 0 Å². The summed E-state index contributed by atoms with van der Waals surface area (Å²) < 4.78 is 0.985. The van der Waals surface area contributed by atoms with Crippen LogP contribution in [-0.4, -0.2) is 6.29 Å². The van der Waals surface area contributed by atoms with Crippen LogP contribution in [-0.2, 0) is 6.42 Å². The number of carbonyl (C=O) groups is 1. The molecule has 0 radical (unpaired) electrons. The Kier molecular flexibility index (Phi) is 4.10. The second kappa shape index (κ2) is 5.40. The summed E-state index contributed by atoms with van der Waals surface area (Å²) in [6.45, 7) is 0. The van der Waals surface area contributed by atoms with E-state index in [4.69, 9.17) is 34.8 Å². The van der Waals surface area contributed by atoms with Crippen molar-refractivity contribution in [1.82, 2.24) is 0 Å². The zero-order valence-corrected chi connectivity index (χ0v) is 11.6.